The Morgan fingerprint density at radius 1 is 1.37 bits per heavy atom. The van der Waals surface area contributed by atoms with Crippen LogP contribution < -0.4 is 5.73 Å². The van der Waals surface area contributed by atoms with E-state index in [9.17, 15) is 8.78 Å². The Labute approximate surface area is 108 Å². The van der Waals surface area contributed by atoms with E-state index in [1.165, 1.54) is 6.20 Å². The van der Waals surface area contributed by atoms with E-state index < -0.39 is 5.92 Å². The van der Waals surface area contributed by atoms with Crippen LogP contribution in [-0.4, -0.2) is 25.5 Å². The van der Waals surface area contributed by atoms with Gasteiger partial charge in [-0.05, 0) is 12.3 Å². The molecule has 0 bridgehead atoms. The van der Waals surface area contributed by atoms with E-state index in [2.05, 4.69) is 15.2 Å². The molecule has 3 rings (SSSR count). The fraction of sp³-hybridized carbons (Fsp3) is 0.583. The van der Waals surface area contributed by atoms with E-state index in [-0.39, 0.29) is 30.5 Å². The molecule has 2 N–H and O–H groups in total. The lowest BCUT2D eigenvalue weighted by molar-refractivity contribution is -0.0580. The van der Waals surface area contributed by atoms with Crippen LogP contribution in [0.5, 0.6) is 0 Å². The van der Waals surface area contributed by atoms with Crippen molar-refractivity contribution in [2.45, 2.75) is 38.0 Å². The van der Waals surface area contributed by atoms with E-state index in [1.807, 2.05) is 6.92 Å². The van der Waals surface area contributed by atoms with Crippen LogP contribution in [0, 0.1) is 5.92 Å². The summed E-state index contributed by atoms with van der Waals surface area (Å²) < 4.78 is 29.0. The standard InChI is InChI=1S/C12H15F2N5/c1-7-4-8(6-12(13,14)5-7)10-17-18-11-9(15)16-2-3-19(10)11/h2-3,7-8H,4-6H2,1H3,(H2,15,16)/t7-,8-/m0/s1. The molecule has 0 radical (unpaired) electrons. The number of nitrogens with two attached hydrogens (primary N) is 1. The van der Waals surface area contributed by atoms with Crippen LogP contribution in [-0.2, 0) is 0 Å². The molecule has 0 aliphatic heterocycles. The fourth-order valence-corrected chi connectivity index (χ4v) is 2.94. The second-order valence-electron chi connectivity index (χ2n) is 5.37. The van der Waals surface area contributed by atoms with Gasteiger partial charge in [0.15, 0.2) is 5.82 Å². The second kappa shape index (κ2) is 4.11. The number of halogens is 2. The maximum absolute atomic E-state index is 13.7. The van der Waals surface area contributed by atoms with E-state index >= 15 is 0 Å². The topological polar surface area (TPSA) is 69.1 Å². The minimum absolute atomic E-state index is 0.0275. The van der Waals surface area contributed by atoms with Gasteiger partial charge in [0, 0.05) is 31.2 Å². The Hall–Kier alpha value is -1.79. The number of fused-ring (bicyclic) bond motifs is 1. The lowest BCUT2D eigenvalue weighted by Crippen LogP contribution is -2.30. The molecular formula is C12H15F2N5. The molecule has 1 fully saturated rings. The van der Waals surface area contributed by atoms with Crippen molar-refractivity contribution >= 4 is 11.5 Å². The molecule has 1 aliphatic carbocycles. The van der Waals surface area contributed by atoms with Crippen molar-refractivity contribution in [3.05, 3.63) is 18.2 Å². The maximum atomic E-state index is 13.7. The largest absolute Gasteiger partial charge is 0.381 e. The average Bonchev–Trinajstić information content (AvgIpc) is 2.71. The number of alkyl halides is 2. The maximum Gasteiger partial charge on any atom is 0.249 e. The van der Waals surface area contributed by atoms with Crippen molar-refractivity contribution in [3.63, 3.8) is 0 Å². The Bertz CT molecular complexity index is 609. The van der Waals surface area contributed by atoms with Crippen molar-refractivity contribution in [2.75, 3.05) is 5.73 Å². The summed E-state index contributed by atoms with van der Waals surface area (Å²) in [6.45, 7) is 1.85. The Morgan fingerprint density at radius 3 is 2.89 bits per heavy atom. The molecule has 0 saturated heterocycles. The van der Waals surface area contributed by atoms with Gasteiger partial charge in [-0.3, -0.25) is 4.40 Å². The number of hydrogen-bond donors (Lipinski definition) is 1. The molecule has 5 nitrogen and oxygen atoms in total. The third-order valence-corrected chi connectivity index (χ3v) is 3.62. The summed E-state index contributed by atoms with van der Waals surface area (Å²) in [4.78, 5) is 3.92. The highest BCUT2D eigenvalue weighted by Gasteiger charge is 2.41. The third-order valence-electron chi connectivity index (χ3n) is 3.62. The van der Waals surface area contributed by atoms with Gasteiger partial charge < -0.3 is 5.73 Å². The van der Waals surface area contributed by atoms with E-state index in [1.54, 1.807) is 10.6 Å². The lowest BCUT2D eigenvalue weighted by atomic mass is 9.79. The Balaban J connectivity index is 2.02. The summed E-state index contributed by atoms with van der Waals surface area (Å²) in [6.07, 6.45) is 3.65. The molecule has 0 aromatic carbocycles. The third kappa shape index (κ3) is 2.13. The van der Waals surface area contributed by atoms with Crippen molar-refractivity contribution < 1.29 is 8.78 Å². The summed E-state index contributed by atoms with van der Waals surface area (Å²) in [6, 6.07) is 0. The van der Waals surface area contributed by atoms with Crippen LogP contribution in [0.4, 0.5) is 14.6 Å². The number of nitrogen functional groups attached to an aromatic ring is 1. The molecule has 2 aromatic heterocycles. The molecule has 2 heterocycles. The van der Waals surface area contributed by atoms with Gasteiger partial charge in [0.2, 0.25) is 11.6 Å². The quantitative estimate of drug-likeness (QED) is 0.860. The van der Waals surface area contributed by atoms with Crippen LogP contribution in [0.25, 0.3) is 5.65 Å². The highest BCUT2D eigenvalue weighted by Crippen LogP contribution is 2.43. The number of nitrogens with zero attached hydrogens (tertiary/aromatic N) is 4. The van der Waals surface area contributed by atoms with Gasteiger partial charge in [-0.2, -0.15) is 0 Å². The summed E-state index contributed by atoms with van der Waals surface area (Å²) in [5, 5.41) is 7.99. The lowest BCUT2D eigenvalue weighted by Gasteiger charge is -2.32. The van der Waals surface area contributed by atoms with Crippen molar-refractivity contribution in [1.82, 2.24) is 19.6 Å². The second-order valence-corrected chi connectivity index (χ2v) is 5.37. The summed E-state index contributed by atoms with van der Waals surface area (Å²) in [7, 11) is 0. The first kappa shape index (κ1) is 12.3. The first-order valence-electron chi connectivity index (χ1n) is 6.29. The Kier molecular flexibility index (Phi) is 2.65. The van der Waals surface area contributed by atoms with Crippen LogP contribution in [0.3, 0.4) is 0 Å². The molecule has 1 saturated carbocycles. The molecular weight excluding hydrogens is 252 g/mol. The fourth-order valence-electron chi connectivity index (χ4n) is 2.94. The number of rotatable bonds is 1. The number of aromatic nitrogens is 4. The molecule has 102 valence electrons. The van der Waals surface area contributed by atoms with Gasteiger partial charge in [0.25, 0.3) is 0 Å². The summed E-state index contributed by atoms with van der Waals surface area (Å²) in [5.74, 6) is -2.14. The predicted molar refractivity (Wildman–Crippen MR) is 65.9 cm³/mol. The zero-order valence-corrected chi connectivity index (χ0v) is 10.6. The minimum Gasteiger partial charge on any atom is -0.381 e. The molecule has 0 amide bonds. The summed E-state index contributed by atoms with van der Waals surface area (Å²) in [5.41, 5.74) is 6.13. The van der Waals surface area contributed by atoms with Crippen molar-refractivity contribution in [2.24, 2.45) is 5.92 Å². The molecule has 0 unspecified atom stereocenters. The zero-order chi connectivity index (χ0) is 13.6. The van der Waals surface area contributed by atoms with E-state index in [0.29, 0.717) is 17.9 Å². The zero-order valence-electron chi connectivity index (χ0n) is 10.6. The van der Waals surface area contributed by atoms with Gasteiger partial charge >= 0.3 is 0 Å². The summed E-state index contributed by atoms with van der Waals surface area (Å²) >= 11 is 0. The van der Waals surface area contributed by atoms with Crippen LogP contribution in [0.2, 0.25) is 0 Å². The Morgan fingerprint density at radius 2 is 2.16 bits per heavy atom. The van der Waals surface area contributed by atoms with Gasteiger partial charge in [-0.25, -0.2) is 13.8 Å². The van der Waals surface area contributed by atoms with Gasteiger partial charge in [-0.15, -0.1) is 10.2 Å². The molecule has 2 aromatic rings. The van der Waals surface area contributed by atoms with Crippen LogP contribution in [0.15, 0.2) is 12.4 Å². The van der Waals surface area contributed by atoms with Gasteiger partial charge in [-0.1, -0.05) is 6.92 Å². The first-order valence-corrected chi connectivity index (χ1v) is 6.29. The van der Waals surface area contributed by atoms with Crippen LogP contribution in [0.1, 0.15) is 37.9 Å². The van der Waals surface area contributed by atoms with Crippen LogP contribution >= 0.6 is 0 Å². The SMILES string of the molecule is C[C@H]1C[C@H](c2nnc3c(N)nccn23)CC(F)(F)C1. The molecule has 7 heteroatoms. The van der Waals surface area contributed by atoms with E-state index in [0.717, 1.165) is 0 Å². The van der Waals surface area contributed by atoms with Crippen molar-refractivity contribution in [3.8, 4) is 0 Å². The molecule has 0 spiro atoms. The van der Waals surface area contributed by atoms with Crippen molar-refractivity contribution in [1.29, 1.82) is 0 Å². The smallest absolute Gasteiger partial charge is 0.249 e. The number of hydrogen-bond acceptors (Lipinski definition) is 4. The monoisotopic (exact) mass is 267 g/mol. The van der Waals surface area contributed by atoms with E-state index in [4.69, 9.17) is 5.73 Å². The average molecular weight is 267 g/mol. The molecule has 1 aliphatic rings. The van der Waals surface area contributed by atoms with Gasteiger partial charge in [0.1, 0.15) is 5.82 Å². The number of anilines is 1. The normalized spacial score (nSPS) is 26.7. The minimum atomic E-state index is -2.63. The highest BCUT2D eigenvalue weighted by molar-refractivity contribution is 5.58. The first-order chi connectivity index (χ1) is 8.96. The molecule has 19 heavy (non-hydrogen) atoms. The molecule has 2 atom stereocenters. The van der Waals surface area contributed by atoms with Gasteiger partial charge in [0.05, 0.1) is 0 Å². The highest BCUT2D eigenvalue weighted by atomic mass is 19.3. The predicted octanol–water partition coefficient (Wildman–Crippen LogP) is 2.25.